The third kappa shape index (κ3) is 3.43. The monoisotopic (exact) mass is 289 g/mol. The number of benzene rings is 1. The van der Waals surface area contributed by atoms with E-state index in [-0.39, 0.29) is 18.6 Å². The van der Waals surface area contributed by atoms with Crippen LogP contribution in [0.5, 0.6) is 0 Å². The molecule has 0 aliphatic rings. The molecule has 0 radical (unpaired) electrons. The van der Waals surface area contributed by atoms with E-state index >= 15 is 0 Å². The zero-order valence-corrected chi connectivity index (χ0v) is 12.4. The minimum absolute atomic E-state index is 0.0530. The summed E-state index contributed by atoms with van der Waals surface area (Å²) in [6.45, 7) is 4.21. The molecule has 0 unspecified atom stereocenters. The Morgan fingerprint density at radius 2 is 2.00 bits per heavy atom. The van der Waals surface area contributed by atoms with Gasteiger partial charge in [-0.15, -0.1) is 10.2 Å². The number of hydrogen-bond donors (Lipinski definition) is 1. The maximum atomic E-state index is 12.0. The number of hydrogen-bond acceptors (Lipinski definition) is 5. The molecule has 2 rings (SSSR count). The maximum absolute atomic E-state index is 12.0. The van der Waals surface area contributed by atoms with Crippen molar-refractivity contribution in [3.8, 4) is 11.4 Å². The average molecular weight is 289 g/mol. The van der Waals surface area contributed by atoms with Crippen LogP contribution in [0.4, 0.5) is 0 Å². The number of amides is 1. The number of carbonyl (C=O) groups is 1. The fraction of sp³-hybridized carbons (Fsp3) is 0.429. The zero-order valence-electron chi connectivity index (χ0n) is 12.4. The van der Waals surface area contributed by atoms with E-state index in [4.69, 9.17) is 5.11 Å². The molecule has 1 N–H and O–H groups in total. The third-order valence-electron chi connectivity index (χ3n) is 3.06. The summed E-state index contributed by atoms with van der Waals surface area (Å²) in [5.74, 6) is 0.404. The van der Waals surface area contributed by atoms with Gasteiger partial charge in [-0.2, -0.15) is 4.80 Å². The summed E-state index contributed by atoms with van der Waals surface area (Å²) in [6, 6.07) is 7.19. The number of likely N-dealkylation sites (N-methyl/N-ethyl adjacent to an activating group) is 1. The van der Waals surface area contributed by atoms with E-state index in [1.165, 1.54) is 4.90 Å². The quantitative estimate of drug-likeness (QED) is 0.887. The molecule has 1 aromatic heterocycles. The lowest BCUT2D eigenvalue weighted by atomic mass is 10.1. The fourth-order valence-corrected chi connectivity index (χ4v) is 1.79. The molecule has 0 fully saturated rings. The second kappa shape index (κ2) is 6.45. The Kier molecular flexibility index (Phi) is 4.64. The van der Waals surface area contributed by atoms with Crippen molar-refractivity contribution in [3.05, 3.63) is 29.8 Å². The lowest BCUT2D eigenvalue weighted by Gasteiger charge is -2.15. The largest absolute Gasteiger partial charge is 0.395 e. The molecule has 2 aromatic rings. The summed E-state index contributed by atoms with van der Waals surface area (Å²) < 4.78 is 0. The van der Waals surface area contributed by atoms with Crippen LogP contribution in [0.1, 0.15) is 30.2 Å². The van der Waals surface area contributed by atoms with E-state index in [1.54, 1.807) is 36.1 Å². The van der Waals surface area contributed by atoms with Crippen LogP contribution in [0.25, 0.3) is 11.4 Å². The maximum Gasteiger partial charge on any atom is 0.253 e. The normalized spacial score (nSPS) is 10.9. The Labute approximate surface area is 123 Å². The van der Waals surface area contributed by atoms with Gasteiger partial charge < -0.3 is 10.0 Å². The molecule has 0 aliphatic heterocycles. The lowest BCUT2D eigenvalue weighted by Crippen LogP contribution is -2.29. The van der Waals surface area contributed by atoms with E-state index < -0.39 is 0 Å². The summed E-state index contributed by atoms with van der Waals surface area (Å²) in [4.78, 5) is 15.1. The standard InChI is InChI=1S/C14H19N5O2/c1-10(2)19-16-13(15-17-19)11-4-6-12(7-5-11)14(21)18(3)8-9-20/h4-7,10,20H,8-9H2,1-3H3. The van der Waals surface area contributed by atoms with E-state index in [0.717, 1.165) is 5.56 Å². The van der Waals surface area contributed by atoms with Crippen molar-refractivity contribution in [1.29, 1.82) is 0 Å². The third-order valence-corrected chi connectivity index (χ3v) is 3.06. The first-order chi connectivity index (χ1) is 10.0. The molecule has 0 saturated heterocycles. The number of aliphatic hydroxyl groups is 1. The minimum Gasteiger partial charge on any atom is -0.395 e. The van der Waals surface area contributed by atoms with Crippen LogP contribution in [0.15, 0.2) is 24.3 Å². The number of tetrazole rings is 1. The summed E-state index contributed by atoms with van der Waals surface area (Å²) >= 11 is 0. The highest BCUT2D eigenvalue weighted by Crippen LogP contribution is 2.16. The lowest BCUT2D eigenvalue weighted by molar-refractivity contribution is 0.0767. The Morgan fingerprint density at radius 1 is 1.33 bits per heavy atom. The molecule has 0 atom stereocenters. The predicted molar refractivity (Wildman–Crippen MR) is 77.7 cm³/mol. The molecule has 7 heteroatoms. The van der Waals surface area contributed by atoms with Crippen LogP contribution in [-0.2, 0) is 0 Å². The number of nitrogens with zero attached hydrogens (tertiary/aromatic N) is 5. The van der Waals surface area contributed by atoms with E-state index in [2.05, 4.69) is 15.4 Å². The number of carbonyl (C=O) groups excluding carboxylic acids is 1. The average Bonchev–Trinajstić information content (AvgIpc) is 2.97. The summed E-state index contributed by atoms with van der Waals surface area (Å²) in [5, 5.41) is 21.1. The van der Waals surface area contributed by atoms with Crippen LogP contribution >= 0.6 is 0 Å². The van der Waals surface area contributed by atoms with Crippen LogP contribution in [0, 0.1) is 0 Å². The molecular weight excluding hydrogens is 270 g/mol. The molecule has 0 bridgehead atoms. The van der Waals surface area contributed by atoms with Gasteiger partial charge in [-0.25, -0.2) is 0 Å². The van der Waals surface area contributed by atoms with Gasteiger partial charge in [0, 0.05) is 24.7 Å². The Balaban J connectivity index is 2.16. The summed E-state index contributed by atoms with van der Waals surface area (Å²) in [5.41, 5.74) is 1.37. The highest BCUT2D eigenvalue weighted by atomic mass is 16.3. The Morgan fingerprint density at radius 3 is 2.52 bits per heavy atom. The first kappa shape index (κ1) is 15.1. The molecule has 0 spiro atoms. The van der Waals surface area contributed by atoms with Gasteiger partial charge in [-0.1, -0.05) is 12.1 Å². The van der Waals surface area contributed by atoms with Crippen LogP contribution in [-0.4, -0.2) is 56.3 Å². The molecule has 112 valence electrons. The Bertz CT molecular complexity index is 606. The Hall–Kier alpha value is -2.28. The highest BCUT2D eigenvalue weighted by molar-refractivity contribution is 5.94. The summed E-state index contributed by atoms with van der Waals surface area (Å²) in [6.07, 6.45) is 0. The molecule has 0 aliphatic carbocycles. The van der Waals surface area contributed by atoms with E-state index in [0.29, 0.717) is 17.9 Å². The van der Waals surface area contributed by atoms with Crippen molar-refractivity contribution in [3.63, 3.8) is 0 Å². The van der Waals surface area contributed by atoms with E-state index in [1.807, 2.05) is 13.8 Å². The zero-order chi connectivity index (χ0) is 15.4. The first-order valence-corrected chi connectivity index (χ1v) is 6.79. The van der Waals surface area contributed by atoms with Crippen molar-refractivity contribution >= 4 is 5.91 Å². The van der Waals surface area contributed by atoms with Crippen LogP contribution in [0.2, 0.25) is 0 Å². The molecule has 7 nitrogen and oxygen atoms in total. The van der Waals surface area contributed by atoms with Crippen molar-refractivity contribution in [1.82, 2.24) is 25.1 Å². The smallest absolute Gasteiger partial charge is 0.253 e. The van der Waals surface area contributed by atoms with Crippen molar-refractivity contribution in [2.24, 2.45) is 0 Å². The second-order valence-electron chi connectivity index (χ2n) is 5.05. The van der Waals surface area contributed by atoms with Gasteiger partial charge in [0.25, 0.3) is 5.91 Å². The molecule has 21 heavy (non-hydrogen) atoms. The molecule has 0 saturated carbocycles. The molecule has 1 aromatic carbocycles. The first-order valence-electron chi connectivity index (χ1n) is 6.79. The summed E-state index contributed by atoms with van der Waals surface area (Å²) in [7, 11) is 1.66. The fourth-order valence-electron chi connectivity index (χ4n) is 1.79. The molecular formula is C14H19N5O2. The number of rotatable bonds is 5. The van der Waals surface area contributed by atoms with Gasteiger partial charge in [0.05, 0.1) is 12.6 Å². The van der Waals surface area contributed by atoms with Crippen molar-refractivity contribution in [2.45, 2.75) is 19.9 Å². The van der Waals surface area contributed by atoms with E-state index in [9.17, 15) is 4.79 Å². The van der Waals surface area contributed by atoms with Gasteiger partial charge in [0.2, 0.25) is 5.82 Å². The number of aromatic nitrogens is 4. The van der Waals surface area contributed by atoms with Gasteiger partial charge >= 0.3 is 0 Å². The van der Waals surface area contributed by atoms with Gasteiger partial charge in [-0.05, 0) is 31.2 Å². The second-order valence-corrected chi connectivity index (χ2v) is 5.05. The van der Waals surface area contributed by atoms with Gasteiger partial charge in [0.15, 0.2) is 0 Å². The van der Waals surface area contributed by atoms with Gasteiger partial charge in [-0.3, -0.25) is 4.79 Å². The molecule has 1 heterocycles. The van der Waals surface area contributed by atoms with Crippen LogP contribution in [0.3, 0.4) is 0 Å². The predicted octanol–water partition coefficient (Wildman–Crippen LogP) is 0.985. The number of aliphatic hydroxyl groups excluding tert-OH is 1. The van der Waals surface area contributed by atoms with Gasteiger partial charge in [0.1, 0.15) is 0 Å². The SMILES string of the molecule is CC(C)n1nnc(-c2ccc(C(=O)N(C)CCO)cc2)n1. The molecule has 1 amide bonds. The van der Waals surface area contributed by atoms with Crippen molar-refractivity contribution in [2.75, 3.05) is 20.2 Å². The minimum atomic E-state index is -0.130. The highest BCUT2D eigenvalue weighted by Gasteiger charge is 2.12. The van der Waals surface area contributed by atoms with Crippen molar-refractivity contribution < 1.29 is 9.90 Å². The van der Waals surface area contributed by atoms with Crippen LogP contribution < -0.4 is 0 Å². The topological polar surface area (TPSA) is 84.1 Å².